The second-order valence-electron chi connectivity index (χ2n) is 5.69. The molecule has 2 heterocycles. The van der Waals surface area contributed by atoms with Gasteiger partial charge in [-0.05, 0) is 55.2 Å². The van der Waals surface area contributed by atoms with Crippen LogP contribution >= 0.6 is 0 Å². The van der Waals surface area contributed by atoms with Crippen LogP contribution in [0.3, 0.4) is 0 Å². The Kier molecular flexibility index (Phi) is 4.40. The Balaban J connectivity index is 1.77. The first-order valence-electron chi connectivity index (χ1n) is 7.71. The lowest BCUT2D eigenvalue weighted by Crippen LogP contribution is -3.07. The number of quaternary nitrogens is 1. The number of aromatic nitrogens is 4. The molecule has 0 amide bonds. The molecule has 1 N–H and O–H groups in total. The number of rotatable bonds is 3. The molecule has 0 radical (unpaired) electrons. The van der Waals surface area contributed by atoms with E-state index in [1.807, 2.05) is 18.2 Å². The van der Waals surface area contributed by atoms with Crippen LogP contribution in [0.2, 0.25) is 0 Å². The Morgan fingerprint density at radius 3 is 2.48 bits per heavy atom. The van der Waals surface area contributed by atoms with Crippen LogP contribution in [0.4, 0.5) is 0 Å². The number of nitrogens with one attached hydrogen (secondary N) is 1. The normalized spacial score (nSPS) is 17.2. The SMILES string of the molecule is Cc1ccc(-n2nnnc2/C=C/[NH+]2CCCCCC2)cc1. The molecule has 0 saturated carbocycles. The van der Waals surface area contributed by atoms with Gasteiger partial charge in [0.2, 0.25) is 0 Å². The van der Waals surface area contributed by atoms with Crippen LogP contribution in [0.15, 0.2) is 30.5 Å². The zero-order valence-corrected chi connectivity index (χ0v) is 12.5. The van der Waals surface area contributed by atoms with Gasteiger partial charge in [0.15, 0.2) is 5.82 Å². The molecule has 2 aromatic rings. The first-order valence-corrected chi connectivity index (χ1v) is 7.71. The molecule has 1 aliphatic heterocycles. The summed E-state index contributed by atoms with van der Waals surface area (Å²) in [6.45, 7) is 4.50. The van der Waals surface area contributed by atoms with Crippen LogP contribution in [0, 0.1) is 6.92 Å². The summed E-state index contributed by atoms with van der Waals surface area (Å²) in [5.74, 6) is 0.788. The van der Waals surface area contributed by atoms with Gasteiger partial charge in [-0.3, -0.25) is 0 Å². The van der Waals surface area contributed by atoms with Crippen LogP contribution in [0.25, 0.3) is 11.8 Å². The van der Waals surface area contributed by atoms with Gasteiger partial charge in [-0.25, -0.2) is 0 Å². The summed E-state index contributed by atoms with van der Waals surface area (Å²) >= 11 is 0. The predicted molar refractivity (Wildman–Crippen MR) is 82.1 cm³/mol. The maximum absolute atomic E-state index is 4.12. The Morgan fingerprint density at radius 1 is 1.05 bits per heavy atom. The molecule has 5 heteroatoms. The second kappa shape index (κ2) is 6.63. The van der Waals surface area contributed by atoms with E-state index in [-0.39, 0.29) is 0 Å². The third-order valence-electron chi connectivity index (χ3n) is 3.99. The highest BCUT2D eigenvalue weighted by atomic mass is 15.5. The maximum atomic E-state index is 4.12. The van der Waals surface area contributed by atoms with Crippen molar-refractivity contribution in [3.05, 3.63) is 41.9 Å². The number of hydrogen-bond acceptors (Lipinski definition) is 3. The molecular formula is C16H22N5+. The lowest BCUT2D eigenvalue weighted by Gasteiger charge is -2.10. The van der Waals surface area contributed by atoms with E-state index in [0.717, 1.165) is 11.5 Å². The molecule has 0 aliphatic carbocycles. The maximum Gasteiger partial charge on any atom is 0.185 e. The van der Waals surface area contributed by atoms with Crippen LogP contribution in [-0.4, -0.2) is 33.3 Å². The average Bonchev–Trinajstić information content (AvgIpc) is 2.81. The van der Waals surface area contributed by atoms with Crippen molar-refractivity contribution in [3.8, 4) is 5.69 Å². The molecule has 3 rings (SSSR count). The fourth-order valence-corrected chi connectivity index (χ4v) is 2.71. The monoisotopic (exact) mass is 284 g/mol. The minimum Gasteiger partial charge on any atom is -0.309 e. The van der Waals surface area contributed by atoms with E-state index >= 15 is 0 Å². The molecule has 1 aliphatic rings. The number of likely N-dealkylation sites (tertiary alicyclic amines) is 1. The largest absolute Gasteiger partial charge is 0.309 e. The lowest BCUT2D eigenvalue weighted by molar-refractivity contribution is -0.845. The average molecular weight is 284 g/mol. The zero-order chi connectivity index (χ0) is 14.5. The number of aryl methyl sites for hydroxylation is 1. The van der Waals surface area contributed by atoms with Crippen molar-refractivity contribution in [2.75, 3.05) is 13.1 Å². The predicted octanol–water partition coefficient (Wildman–Crippen LogP) is 1.40. The van der Waals surface area contributed by atoms with Gasteiger partial charge in [0, 0.05) is 6.08 Å². The van der Waals surface area contributed by atoms with Gasteiger partial charge in [-0.2, -0.15) is 4.68 Å². The van der Waals surface area contributed by atoms with Gasteiger partial charge in [0.25, 0.3) is 0 Å². The summed E-state index contributed by atoms with van der Waals surface area (Å²) < 4.78 is 1.78. The van der Waals surface area contributed by atoms with E-state index in [1.54, 1.807) is 4.68 Å². The summed E-state index contributed by atoms with van der Waals surface area (Å²) in [7, 11) is 0. The van der Waals surface area contributed by atoms with Gasteiger partial charge in [-0.15, -0.1) is 5.10 Å². The van der Waals surface area contributed by atoms with Crippen LogP contribution in [0.5, 0.6) is 0 Å². The first-order chi connectivity index (χ1) is 10.3. The van der Waals surface area contributed by atoms with Gasteiger partial charge < -0.3 is 4.90 Å². The van der Waals surface area contributed by atoms with Crippen LogP contribution in [-0.2, 0) is 0 Å². The molecule has 1 saturated heterocycles. The molecule has 0 spiro atoms. The molecule has 5 nitrogen and oxygen atoms in total. The van der Waals surface area contributed by atoms with Gasteiger partial charge in [-0.1, -0.05) is 17.7 Å². The molecule has 1 aromatic heterocycles. The van der Waals surface area contributed by atoms with Gasteiger partial charge in [0.05, 0.1) is 25.0 Å². The zero-order valence-electron chi connectivity index (χ0n) is 12.5. The lowest BCUT2D eigenvalue weighted by atomic mass is 10.2. The highest BCUT2D eigenvalue weighted by Gasteiger charge is 2.10. The number of benzene rings is 1. The van der Waals surface area contributed by atoms with Crippen molar-refractivity contribution < 1.29 is 4.90 Å². The smallest absolute Gasteiger partial charge is 0.185 e. The minimum atomic E-state index is 0.788. The van der Waals surface area contributed by atoms with E-state index in [2.05, 4.69) is 40.8 Å². The third-order valence-corrected chi connectivity index (χ3v) is 3.99. The minimum absolute atomic E-state index is 0.788. The molecule has 0 unspecified atom stereocenters. The summed E-state index contributed by atoms with van der Waals surface area (Å²) in [5, 5.41) is 12.0. The Labute approximate surface area is 125 Å². The summed E-state index contributed by atoms with van der Waals surface area (Å²) in [4.78, 5) is 1.52. The van der Waals surface area contributed by atoms with E-state index in [1.165, 1.54) is 49.2 Å². The Bertz CT molecular complexity index is 591. The molecule has 0 atom stereocenters. The molecule has 110 valence electrons. The third kappa shape index (κ3) is 3.55. The summed E-state index contributed by atoms with van der Waals surface area (Å²) in [6.07, 6.45) is 9.59. The fraction of sp³-hybridized carbons (Fsp3) is 0.438. The number of nitrogens with zero attached hydrogens (tertiary/aromatic N) is 4. The topological polar surface area (TPSA) is 48.0 Å². The van der Waals surface area contributed by atoms with Crippen molar-refractivity contribution in [1.29, 1.82) is 0 Å². The fourth-order valence-electron chi connectivity index (χ4n) is 2.71. The highest BCUT2D eigenvalue weighted by molar-refractivity contribution is 5.43. The van der Waals surface area contributed by atoms with E-state index in [0.29, 0.717) is 0 Å². The van der Waals surface area contributed by atoms with Crippen LogP contribution in [0.1, 0.15) is 37.1 Å². The second-order valence-corrected chi connectivity index (χ2v) is 5.69. The van der Waals surface area contributed by atoms with E-state index < -0.39 is 0 Å². The van der Waals surface area contributed by atoms with Crippen molar-refractivity contribution in [2.45, 2.75) is 32.6 Å². The van der Waals surface area contributed by atoms with Crippen molar-refractivity contribution >= 4 is 6.08 Å². The Hall–Kier alpha value is -2.01. The molecule has 0 bridgehead atoms. The number of hydrogen-bond donors (Lipinski definition) is 1. The summed E-state index contributed by atoms with van der Waals surface area (Å²) in [6, 6.07) is 8.23. The quantitative estimate of drug-likeness (QED) is 0.927. The molecule has 21 heavy (non-hydrogen) atoms. The van der Waals surface area contributed by atoms with Gasteiger partial charge >= 0.3 is 0 Å². The van der Waals surface area contributed by atoms with Crippen molar-refractivity contribution in [3.63, 3.8) is 0 Å². The van der Waals surface area contributed by atoms with E-state index in [4.69, 9.17) is 0 Å². The first kappa shape index (κ1) is 13.9. The molecule has 1 fully saturated rings. The highest BCUT2D eigenvalue weighted by Crippen LogP contribution is 2.10. The van der Waals surface area contributed by atoms with Crippen LogP contribution < -0.4 is 4.90 Å². The van der Waals surface area contributed by atoms with Gasteiger partial charge in [0.1, 0.15) is 0 Å². The van der Waals surface area contributed by atoms with E-state index in [9.17, 15) is 0 Å². The molecular weight excluding hydrogens is 262 g/mol. The molecule has 1 aromatic carbocycles. The summed E-state index contributed by atoms with van der Waals surface area (Å²) in [5.41, 5.74) is 2.23. The standard InChI is InChI=1S/C16H21N5/c1-14-6-8-15(9-7-14)21-16(17-18-19-21)10-13-20-11-4-2-3-5-12-20/h6-10,13H,2-5,11-12H2,1H3/p+1/b13-10+. The van der Waals surface area contributed by atoms with Crippen molar-refractivity contribution in [1.82, 2.24) is 20.2 Å². The Morgan fingerprint density at radius 2 is 1.76 bits per heavy atom. The number of tetrazole rings is 1. The van der Waals surface area contributed by atoms with Crippen molar-refractivity contribution in [2.24, 2.45) is 0 Å².